The zero-order chi connectivity index (χ0) is 11.5. The maximum atomic E-state index is 11.7. The van der Waals surface area contributed by atoms with E-state index in [1.54, 1.807) is 13.1 Å². The van der Waals surface area contributed by atoms with Crippen LogP contribution in [0.1, 0.15) is 23.2 Å². The van der Waals surface area contributed by atoms with E-state index in [1.165, 1.54) is 17.4 Å². The van der Waals surface area contributed by atoms with Gasteiger partial charge in [-0.1, -0.05) is 0 Å². The Morgan fingerprint density at radius 2 is 2.31 bits per heavy atom. The lowest BCUT2D eigenvalue weighted by molar-refractivity contribution is -0.121. The Hall–Kier alpha value is -1.78. The number of carbonyl (C=O) groups excluding carboxylic acids is 2. The fourth-order valence-corrected chi connectivity index (χ4v) is 1.39. The quantitative estimate of drug-likeness (QED) is 0.812. The van der Waals surface area contributed by atoms with E-state index >= 15 is 0 Å². The van der Waals surface area contributed by atoms with E-state index in [4.69, 9.17) is 4.42 Å². The summed E-state index contributed by atoms with van der Waals surface area (Å²) in [4.78, 5) is 24.6. The molecule has 1 aliphatic carbocycles. The molecule has 1 heterocycles. The van der Waals surface area contributed by atoms with Crippen LogP contribution < -0.4 is 5.32 Å². The summed E-state index contributed by atoms with van der Waals surface area (Å²) in [5, 5.41) is 2.83. The van der Waals surface area contributed by atoms with E-state index in [2.05, 4.69) is 5.32 Å². The van der Waals surface area contributed by atoms with Gasteiger partial charge in [-0.25, -0.2) is 0 Å². The first-order valence-corrected chi connectivity index (χ1v) is 5.24. The van der Waals surface area contributed by atoms with Crippen LogP contribution in [-0.2, 0) is 4.79 Å². The van der Waals surface area contributed by atoms with Crippen molar-refractivity contribution < 1.29 is 14.0 Å². The van der Waals surface area contributed by atoms with Crippen molar-refractivity contribution in [2.75, 3.05) is 13.6 Å². The van der Waals surface area contributed by atoms with Crippen LogP contribution in [0.15, 0.2) is 23.0 Å². The molecule has 1 aromatic rings. The normalized spacial score (nSPS) is 14.6. The SMILES string of the molecule is CN(CC(=O)NC1CC1)C(=O)c1ccoc1. The van der Waals surface area contributed by atoms with Crippen LogP contribution in [0.4, 0.5) is 0 Å². The standard InChI is InChI=1S/C11H14N2O3/c1-13(6-10(14)12-9-2-3-9)11(15)8-4-5-16-7-8/h4-5,7,9H,2-3,6H2,1H3,(H,12,14). The third kappa shape index (κ3) is 2.62. The van der Waals surface area contributed by atoms with Crippen LogP contribution in [-0.4, -0.2) is 36.3 Å². The molecule has 5 heteroatoms. The molecule has 0 spiro atoms. The summed E-state index contributed by atoms with van der Waals surface area (Å²) in [7, 11) is 1.60. The fraction of sp³-hybridized carbons (Fsp3) is 0.455. The summed E-state index contributed by atoms with van der Waals surface area (Å²) in [5.74, 6) is -0.318. The van der Waals surface area contributed by atoms with Gasteiger partial charge in [-0.05, 0) is 18.9 Å². The number of hydrogen-bond acceptors (Lipinski definition) is 3. The van der Waals surface area contributed by atoms with Crippen LogP contribution >= 0.6 is 0 Å². The molecule has 2 rings (SSSR count). The van der Waals surface area contributed by atoms with Crippen molar-refractivity contribution in [2.45, 2.75) is 18.9 Å². The molecule has 1 N–H and O–H groups in total. The van der Waals surface area contributed by atoms with Crippen molar-refractivity contribution in [3.8, 4) is 0 Å². The Balaban J connectivity index is 1.84. The van der Waals surface area contributed by atoms with Crippen molar-refractivity contribution >= 4 is 11.8 Å². The Bertz CT molecular complexity index is 382. The molecule has 1 aliphatic rings. The van der Waals surface area contributed by atoms with Crippen molar-refractivity contribution in [3.63, 3.8) is 0 Å². The van der Waals surface area contributed by atoms with Crippen LogP contribution in [0.5, 0.6) is 0 Å². The van der Waals surface area contributed by atoms with E-state index in [-0.39, 0.29) is 18.4 Å². The lowest BCUT2D eigenvalue weighted by Gasteiger charge is -2.15. The minimum Gasteiger partial charge on any atom is -0.472 e. The molecule has 1 aromatic heterocycles. The van der Waals surface area contributed by atoms with Crippen LogP contribution in [0.25, 0.3) is 0 Å². The first-order valence-electron chi connectivity index (χ1n) is 5.24. The molecule has 86 valence electrons. The largest absolute Gasteiger partial charge is 0.472 e. The summed E-state index contributed by atoms with van der Waals surface area (Å²) in [6.45, 7) is 0.0838. The molecule has 0 aromatic carbocycles. The van der Waals surface area contributed by atoms with Gasteiger partial charge in [0.2, 0.25) is 5.91 Å². The molecule has 5 nitrogen and oxygen atoms in total. The second kappa shape index (κ2) is 4.38. The van der Waals surface area contributed by atoms with E-state index in [1.807, 2.05) is 0 Å². The highest BCUT2D eigenvalue weighted by atomic mass is 16.3. The predicted octanol–water partition coefficient (Wildman–Crippen LogP) is 0.630. The van der Waals surface area contributed by atoms with E-state index in [9.17, 15) is 9.59 Å². The number of nitrogens with one attached hydrogen (secondary N) is 1. The summed E-state index contributed by atoms with van der Waals surface area (Å²) in [5.41, 5.74) is 0.460. The number of hydrogen-bond donors (Lipinski definition) is 1. The average Bonchev–Trinajstić information content (AvgIpc) is 2.89. The first kappa shape index (κ1) is 10.7. The second-order valence-electron chi connectivity index (χ2n) is 4.02. The van der Waals surface area contributed by atoms with E-state index < -0.39 is 0 Å². The Morgan fingerprint density at radius 1 is 1.56 bits per heavy atom. The van der Waals surface area contributed by atoms with Crippen LogP contribution in [0, 0.1) is 0 Å². The van der Waals surface area contributed by atoms with Gasteiger partial charge in [0.1, 0.15) is 6.26 Å². The van der Waals surface area contributed by atoms with Gasteiger partial charge in [-0.2, -0.15) is 0 Å². The van der Waals surface area contributed by atoms with Gasteiger partial charge in [0.05, 0.1) is 18.4 Å². The summed E-state index contributed by atoms with van der Waals surface area (Å²) < 4.78 is 4.82. The molecule has 0 unspecified atom stereocenters. The third-order valence-electron chi connectivity index (χ3n) is 2.44. The van der Waals surface area contributed by atoms with Crippen molar-refractivity contribution in [3.05, 3.63) is 24.2 Å². The minimum absolute atomic E-state index is 0.0838. The Labute approximate surface area is 93.4 Å². The zero-order valence-electron chi connectivity index (χ0n) is 9.10. The minimum atomic E-state index is -0.209. The van der Waals surface area contributed by atoms with E-state index in [0.717, 1.165) is 12.8 Å². The first-order chi connectivity index (χ1) is 7.66. The number of carbonyl (C=O) groups is 2. The molecule has 0 radical (unpaired) electrons. The lowest BCUT2D eigenvalue weighted by atomic mass is 10.3. The van der Waals surface area contributed by atoms with Gasteiger partial charge >= 0.3 is 0 Å². The summed E-state index contributed by atoms with van der Waals surface area (Å²) in [6, 6.07) is 1.90. The Morgan fingerprint density at radius 3 is 2.88 bits per heavy atom. The third-order valence-corrected chi connectivity index (χ3v) is 2.44. The van der Waals surface area contributed by atoms with Crippen molar-refractivity contribution in [1.82, 2.24) is 10.2 Å². The highest BCUT2D eigenvalue weighted by molar-refractivity contribution is 5.96. The van der Waals surface area contributed by atoms with Gasteiger partial charge in [0, 0.05) is 13.1 Å². The van der Waals surface area contributed by atoms with Gasteiger partial charge in [-0.3, -0.25) is 9.59 Å². The highest BCUT2D eigenvalue weighted by Gasteiger charge is 2.24. The smallest absolute Gasteiger partial charge is 0.257 e. The number of likely N-dealkylation sites (N-methyl/N-ethyl adjacent to an activating group) is 1. The summed E-state index contributed by atoms with van der Waals surface area (Å²) >= 11 is 0. The Kier molecular flexibility index (Phi) is 2.94. The molecule has 0 aliphatic heterocycles. The molecular weight excluding hydrogens is 208 g/mol. The fourth-order valence-electron chi connectivity index (χ4n) is 1.39. The molecule has 0 saturated heterocycles. The monoisotopic (exact) mass is 222 g/mol. The average molecular weight is 222 g/mol. The van der Waals surface area contributed by atoms with E-state index in [0.29, 0.717) is 11.6 Å². The van der Waals surface area contributed by atoms with Crippen LogP contribution in [0.2, 0.25) is 0 Å². The zero-order valence-corrected chi connectivity index (χ0v) is 9.10. The second-order valence-corrected chi connectivity index (χ2v) is 4.02. The highest BCUT2D eigenvalue weighted by Crippen LogP contribution is 2.18. The van der Waals surface area contributed by atoms with Gasteiger partial charge in [0.15, 0.2) is 0 Å². The van der Waals surface area contributed by atoms with Crippen molar-refractivity contribution in [1.29, 1.82) is 0 Å². The van der Waals surface area contributed by atoms with Gasteiger partial charge in [0.25, 0.3) is 5.91 Å². The van der Waals surface area contributed by atoms with Gasteiger partial charge in [-0.15, -0.1) is 0 Å². The molecular formula is C11H14N2O3. The number of furan rings is 1. The molecule has 16 heavy (non-hydrogen) atoms. The number of rotatable bonds is 4. The maximum absolute atomic E-state index is 11.7. The number of amides is 2. The lowest BCUT2D eigenvalue weighted by Crippen LogP contribution is -2.39. The molecule has 0 atom stereocenters. The van der Waals surface area contributed by atoms with Crippen LogP contribution in [0.3, 0.4) is 0 Å². The number of nitrogens with zero attached hydrogens (tertiary/aromatic N) is 1. The molecule has 0 bridgehead atoms. The van der Waals surface area contributed by atoms with Gasteiger partial charge < -0.3 is 14.6 Å². The maximum Gasteiger partial charge on any atom is 0.257 e. The molecule has 2 amide bonds. The molecule has 1 saturated carbocycles. The van der Waals surface area contributed by atoms with Crippen molar-refractivity contribution in [2.24, 2.45) is 0 Å². The summed E-state index contributed by atoms with van der Waals surface area (Å²) in [6.07, 6.45) is 4.90. The molecule has 1 fully saturated rings. The topological polar surface area (TPSA) is 62.6 Å². The predicted molar refractivity (Wildman–Crippen MR) is 56.8 cm³/mol.